The summed E-state index contributed by atoms with van der Waals surface area (Å²) < 4.78 is 25.1. The lowest BCUT2D eigenvalue weighted by atomic mass is 10.1. The number of carbonyl (C=O) groups is 1. The van der Waals surface area contributed by atoms with E-state index in [0.717, 1.165) is 23.7 Å². The predicted molar refractivity (Wildman–Crippen MR) is 108 cm³/mol. The van der Waals surface area contributed by atoms with E-state index < -0.39 is 0 Å². The van der Waals surface area contributed by atoms with Gasteiger partial charge < -0.3 is 14.2 Å². The molecule has 1 aliphatic carbocycles. The second-order valence-corrected chi connectivity index (χ2v) is 8.32. The molecule has 0 bridgehead atoms. The van der Waals surface area contributed by atoms with E-state index in [1.54, 1.807) is 12.0 Å². The number of halogens is 1. The first-order valence-electron chi connectivity index (χ1n) is 9.98. The van der Waals surface area contributed by atoms with Crippen LogP contribution in [0.5, 0.6) is 0 Å². The van der Waals surface area contributed by atoms with Crippen LogP contribution in [0, 0.1) is 5.82 Å². The number of amides is 1. The molecule has 0 N–H and O–H groups in total. The largest absolute Gasteiger partial charge is 0.385 e. The average Bonchev–Trinajstić information content (AvgIpc) is 3.33. The van der Waals surface area contributed by atoms with Crippen LogP contribution in [0.4, 0.5) is 4.39 Å². The Labute approximate surface area is 176 Å². The third kappa shape index (κ3) is 3.50. The zero-order chi connectivity index (χ0) is 20.7. The number of nitrogens with zero attached hydrogens (tertiary/aromatic N) is 6. The summed E-state index contributed by atoms with van der Waals surface area (Å²) in [6.45, 7) is 1.54. The van der Waals surface area contributed by atoms with Crippen molar-refractivity contribution in [2.75, 3.05) is 20.3 Å². The second kappa shape index (κ2) is 7.84. The second-order valence-electron chi connectivity index (χ2n) is 7.57. The molecular formula is C20H21FN6O2S. The molecule has 0 spiro atoms. The quantitative estimate of drug-likeness (QED) is 0.600. The van der Waals surface area contributed by atoms with Gasteiger partial charge in [0, 0.05) is 38.3 Å². The van der Waals surface area contributed by atoms with Crippen LogP contribution < -0.4 is 0 Å². The maximum Gasteiger partial charge on any atom is 0.254 e. The van der Waals surface area contributed by atoms with Gasteiger partial charge in [-0.15, -0.1) is 10.2 Å². The van der Waals surface area contributed by atoms with Gasteiger partial charge in [-0.1, -0.05) is 0 Å². The Morgan fingerprint density at radius 3 is 2.77 bits per heavy atom. The van der Waals surface area contributed by atoms with Gasteiger partial charge in [-0.2, -0.15) is 4.37 Å². The number of aromatic nitrogens is 5. The lowest BCUT2D eigenvalue weighted by Crippen LogP contribution is -2.43. The van der Waals surface area contributed by atoms with Crippen molar-refractivity contribution >= 4 is 17.4 Å². The normalized spacial score (nSPS) is 18.5. The molecule has 156 valence electrons. The monoisotopic (exact) mass is 428 g/mol. The predicted octanol–water partition coefficient (Wildman–Crippen LogP) is 3.05. The molecule has 1 fully saturated rings. The summed E-state index contributed by atoms with van der Waals surface area (Å²) in [5.74, 6) is 2.27. The lowest BCUT2D eigenvalue weighted by Gasteiger charge is -2.35. The zero-order valence-corrected chi connectivity index (χ0v) is 17.3. The number of fused-ring (bicyclic) bond motifs is 1. The molecule has 3 heterocycles. The Bertz CT molecular complexity index is 1060. The summed E-state index contributed by atoms with van der Waals surface area (Å²) in [5.41, 5.74) is 0.449. The highest BCUT2D eigenvalue weighted by atomic mass is 32.1. The van der Waals surface area contributed by atoms with Gasteiger partial charge in [0.2, 0.25) is 0 Å². The number of benzene rings is 1. The minimum Gasteiger partial charge on any atom is -0.385 e. The maximum atomic E-state index is 13.3. The maximum absolute atomic E-state index is 13.3. The van der Waals surface area contributed by atoms with Gasteiger partial charge >= 0.3 is 0 Å². The lowest BCUT2D eigenvalue weighted by molar-refractivity contribution is 0.0557. The van der Waals surface area contributed by atoms with E-state index in [4.69, 9.17) is 4.74 Å². The Morgan fingerprint density at radius 2 is 2.03 bits per heavy atom. The minimum absolute atomic E-state index is 0.154. The molecule has 1 aliphatic heterocycles. The SMILES string of the molecule is COCCC1c2nnc(-c3nc(C4CC4)ns3)n2CCN1C(=O)c1ccc(F)cc1. The molecule has 2 aromatic heterocycles. The van der Waals surface area contributed by atoms with Gasteiger partial charge in [-0.05, 0) is 55.1 Å². The van der Waals surface area contributed by atoms with Crippen LogP contribution in [0.2, 0.25) is 0 Å². The van der Waals surface area contributed by atoms with Crippen molar-refractivity contribution in [2.24, 2.45) is 0 Å². The number of hydrogen-bond acceptors (Lipinski definition) is 7. The molecule has 1 saturated carbocycles. The third-order valence-corrected chi connectivity index (χ3v) is 6.27. The van der Waals surface area contributed by atoms with Gasteiger partial charge in [0.1, 0.15) is 11.6 Å². The van der Waals surface area contributed by atoms with E-state index in [-0.39, 0.29) is 17.8 Å². The first-order chi connectivity index (χ1) is 14.7. The topological polar surface area (TPSA) is 86.0 Å². The molecule has 8 nitrogen and oxygen atoms in total. The summed E-state index contributed by atoms with van der Waals surface area (Å²) >= 11 is 1.35. The molecule has 3 aromatic rings. The van der Waals surface area contributed by atoms with Crippen LogP contribution in [-0.4, -0.2) is 55.2 Å². The van der Waals surface area contributed by atoms with Crippen molar-refractivity contribution < 1.29 is 13.9 Å². The molecule has 10 heteroatoms. The number of ether oxygens (including phenoxy) is 1. The molecule has 0 saturated heterocycles. The first-order valence-corrected chi connectivity index (χ1v) is 10.8. The van der Waals surface area contributed by atoms with Crippen molar-refractivity contribution in [2.45, 2.75) is 37.8 Å². The summed E-state index contributed by atoms with van der Waals surface area (Å²) in [4.78, 5) is 19.6. The molecule has 1 unspecified atom stereocenters. The van der Waals surface area contributed by atoms with Crippen LogP contribution in [0.15, 0.2) is 24.3 Å². The zero-order valence-electron chi connectivity index (χ0n) is 16.5. The van der Waals surface area contributed by atoms with E-state index in [0.29, 0.717) is 49.2 Å². The number of methoxy groups -OCH3 is 1. The van der Waals surface area contributed by atoms with Crippen LogP contribution in [-0.2, 0) is 11.3 Å². The van der Waals surface area contributed by atoms with E-state index in [1.807, 2.05) is 4.57 Å². The molecule has 0 radical (unpaired) electrons. The highest BCUT2D eigenvalue weighted by Gasteiger charge is 2.36. The Kier molecular flexibility index (Phi) is 5.03. The van der Waals surface area contributed by atoms with E-state index in [2.05, 4.69) is 19.6 Å². The van der Waals surface area contributed by atoms with Crippen molar-refractivity contribution in [3.63, 3.8) is 0 Å². The van der Waals surface area contributed by atoms with Crippen molar-refractivity contribution in [1.29, 1.82) is 0 Å². The smallest absolute Gasteiger partial charge is 0.254 e. The Hall–Kier alpha value is -2.72. The molecule has 30 heavy (non-hydrogen) atoms. The highest BCUT2D eigenvalue weighted by Crippen LogP contribution is 2.40. The molecule has 2 aliphatic rings. The van der Waals surface area contributed by atoms with Gasteiger partial charge in [-0.3, -0.25) is 4.79 Å². The molecule has 1 aromatic carbocycles. The third-order valence-electron chi connectivity index (χ3n) is 5.54. The summed E-state index contributed by atoms with van der Waals surface area (Å²) in [6.07, 6.45) is 2.88. The Balaban J connectivity index is 1.46. The van der Waals surface area contributed by atoms with Crippen LogP contribution in [0.1, 0.15) is 53.2 Å². The van der Waals surface area contributed by atoms with E-state index in [9.17, 15) is 9.18 Å². The molecule has 1 atom stereocenters. The fraction of sp³-hybridized carbons (Fsp3) is 0.450. The number of hydrogen-bond donors (Lipinski definition) is 0. The number of rotatable bonds is 6. The van der Waals surface area contributed by atoms with E-state index in [1.165, 1.54) is 35.8 Å². The van der Waals surface area contributed by atoms with E-state index >= 15 is 0 Å². The van der Waals surface area contributed by atoms with Crippen LogP contribution in [0.25, 0.3) is 10.8 Å². The molecule has 5 rings (SSSR count). The fourth-order valence-electron chi connectivity index (χ4n) is 3.79. The Morgan fingerprint density at radius 1 is 1.23 bits per heavy atom. The van der Waals surface area contributed by atoms with Crippen molar-refractivity contribution in [1.82, 2.24) is 29.0 Å². The van der Waals surface area contributed by atoms with Crippen molar-refractivity contribution in [3.05, 3.63) is 47.3 Å². The van der Waals surface area contributed by atoms with Gasteiger partial charge in [0.15, 0.2) is 16.7 Å². The first kappa shape index (κ1) is 19.3. The highest BCUT2D eigenvalue weighted by molar-refractivity contribution is 7.09. The molecule has 1 amide bonds. The number of carbonyl (C=O) groups excluding carboxylic acids is 1. The van der Waals surface area contributed by atoms with Gasteiger partial charge in [0.05, 0.1) is 6.04 Å². The van der Waals surface area contributed by atoms with Gasteiger partial charge in [0.25, 0.3) is 5.91 Å². The molecular weight excluding hydrogens is 407 g/mol. The summed E-state index contributed by atoms with van der Waals surface area (Å²) in [5, 5.41) is 9.57. The average molecular weight is 428 g/mol. The van der Waals surface area contributed by atoms with Gasteiger partial charge in [-0.25, -0.2) is 9.37 Å². The standard InChI is InChI=1S/C20H21FN6O2S/c1-29-11-8-15-17-23-24-18(19-22-16(25-30-19)12-2-3-12)27(17)10-9-26(15)20(28)13-4-6-14(21)7-5-13/h4-7,12,15H,2-3,8-11H2,1H3. The van der Waals surface area contributed by atoms with Crippen LogP contribution in [0.3, 0.4) is 0 Å². The van der Waals surface area contributed by atoms with Crippen LogP contribution >= 0.6 is 11.5 Å². The summed E-state index contributed by atoms with van der Waals surface area (Å²) in [7, 11) is 1.63. The minimum atomic E-state index is -0.367. The summed E-state index contributed by atoms with van der Waals surface area (Å²) in [6, 6.07) is 5.34. The fourth-order valence-corrected chi connectivity index (χ4v) is 4.53. The van der Waals surface area contributed by atoms with Crippen molar-refractivity contribution in [3.8, 4) is 10.8 Å².